The lowest BCUT2D eigenvalue weighted by molar-refractivity contribution is 0.101. The van der Waals surface area contributed by atoms with Crippen LogP contribution in [0.25, 0.3) is 11.3 Å². The first-order valence-electron chi connectivity index (χ1n) is 8.25. The summed E-state index contributed by atoms with van der Waals surface area (Å²) in [4.78, 5) is 13.7. The van der Waals surface area contributed by atoms with Crippen molar-refractivity contribution in [2.45, 2.75) is 25.7 Å². The Bertz CT molecular complexity index is 1030. The van der Waals surface area contributed by atoms with Crippen molar-refractivity contribution in [2.75, 3.05) is 5.32 Å². The predicted molar refractivity (Wildman–Crippen MR) is 101 cm³/mol. The molecule has 5 nitrogen and oxygen atoms in total. The maximum atomic E-state index is 12.6. The predicted octanol–water partition coefficient (Wildman–Crippen LogP) is 5.06. The van der Waals surface area contributed by atoms with E-state index in [9.17, 15) is 10.1 Å². The third kappa shape index (κ3) is 3.00. The topological polar surface area (TPSA) is 78.9 Å². The molecule has 1 amide bonds. The number of anilines is 1. The highest BCUT2D eigenvalue weighted by molar-refractivity contribution is 7.16. The van der Waals surface area contributed by atoms with E-state index in [2.05, 4.69) is 16.5 Å². The van der Waals surface area contributed by atoms with E-state index in [0.717, 1.165) is 31.2 Å². The van der Waals surface area contributed by atoms with Crippen molar-refractivity contribution < 1.29 is 9.32 Å². The summed E-state index contributed by atoms with van der Waals surface area (Å²) in [6.07, 6.45) is 4.06. The second-order valence-corrected chi connectivity index (χ2v) is 7.55. The number of benzene rings is 1. The molecule has 0 atom stereocenters. The number of halogens is 1. The number of hydrogen-bond donors (Lipinski definition) is 1. The third-order valence-electron chi connectivity index (χ3n) is 4.39. The molecule has 1 aromatic carbocycles. The number of fused-ring (bicyclic) bond motifs is 1. The fraction of sp³-hybridized carbons (Fsp3) is 0.211. The zero-order chi connectivity index (χ0) is 18.1. The lowest BCUT2D eigenvalue weighted by atomic mass is 9.96. The Hall–Kier alpha value is -2.62. The van der Waals surface area contributed by atoms with Crippen LogP contribution < -0.4 is 5.32 Å². The minimum atomic E-state index is -0.401. The van der Waals surface area contributed by atoms with Crippen molar-refractivity contribution in [3.05, 3.63) is 57.1 Å². The molecule has 3 aromatic rings. The van der Waals surface area contributed by atoms with Gasteiger partial charge >= 0.3 is 0 Å². The normalized spacial score (nSPS) is 13.1. The molecule has 0 saturated carbocycles. The molecule has 2 aromatic heterocycles. The smallest absolute Gasteiger partial charge is 0.278 e. The van der Waals surface area contributed by atoms with Gasteiger partial charge in [0.1, 0.15) is 11.1 Å². The molecule has 0 fully saturated rings. The molecular formula is C19H14ClN3O2S. The summed E-state index contributed by atoms with van der Waals surface area (Å²) >= 11 is 7.63. The Morgan fingerprint density at radius 2 is 2.12 bits per heavy atom. The summed E-state index contributed by atoms with van der Waals surface area (Å²) in [5.74, 6) is 0.0221. The van der Waals surface area contributed by atoms with Crippen LogP contribution >= 0.6 is 22.9 Å². The monoisotopic (exact) mass is 383 g/mol. The van der Waals surface area contributed by atoms with Crippen LogP contribution in [-0.2, 0) is 12.8 Å². The number of rotatable bonds is 3. The van der Waals surface area contributed by atoms with Gasteiger partial charge < -0.3 is 9.84 Å². The minimum absolute atomic E-state index is 0.148. The summed E-state index contributed by atoms with van der Waals surface area (Å²) in [5.41, 5.74) is 2.48. The number of thiophene rings is 1. The van der Waals surface area contributed by atoms with E-state index >= 15 is 0 Å². The number of amides is 1. The second kappa shape index (κ2) is 6.94. The largest absolute Gasteiger partial charge is 0.355 e. The zero-order valence-electron chi connectivity index (χ0n) is 13.7. The van der Waals surface area contributed by atoms with Crippen molar-refractivity contribution in [1.82, 2.24) is 5.16 Å². The Balaban J connectivity index is 1.59. The molecule has 0 saturated heterocycles. The number of nitrogens with one attached hydrogen (secondary N) is 1. The summed E-state index contributed by atoms with van der Waals surface area (Å²) in [5, 5.41) is 17.3. The van der Waals surface area contributed by atoms with E-state index < -0.39 is 5.91 Å². The molecule has 1 aliphatic rings. The molecule has 1 aliphatic carbocycles. The molecule has 130 valence electrons. The number of aromatic nitrogens is 1. The number of hydrogen-bond acceptors (Lipinski definition) is 5. The van der Waals surface area contributed by atoms with Crippen LogP contribution in [0.2, 0.25) is 5.02 Å². The number of aryl methyl sites for hydroxylation is 1. The van der Waals surface area contributed by atoms with Gasteiger partial charge in [0.05, 0.1) is 10.6 Å². The summed E-state index contributed by atoms with van der Waals surface area (Å²) in [6.45, 7) is 0. The van der Waals surface area contributed by atoms with Crippen LogP contribution in [-0.4, -0.2) is 11.1 Å². The Kier molecular flexibility index (Phi) is 4.49. The number of carbonyl (C=O) groups is 1. The molecule has 0 spiro atoms. The van der Waals surface area contributed by atoms with Gasteiger partial charge in [-0.1, -0.05) is 28.9 Å². The maximum absolute atomic E-state index is 12.6. The van der Waals surface area contributed by atoms with Crippen LogP contribution in [0, 0.1) is 11.3 Å². The van der Waals surface area contributed by atoms with E-state index in [0.29, 0.717) is 26.9 Å². The van der Waals surface area contributed by atoms with E-state index in [4.69, 9.17) is 16.1 Å². The van der Waals surface area contributed by atoms with Gasteiger partial charge in [0.15, 0.2) is 11.5 Å². The van der Waals surface area contributed by atoms with E-state index in [-0.39, 0.29) is 5.69 Å². The average Bonchev–Trinajstić information content (AvgIpc) is 3.26. The molecule has 0 unspecified atom stereocenters. The van der Waals surface area contributed by atoms with Crippen molar-refractivity contribution in [2.24, 2.45) is 0 Å². The average molecular weight is 384 g/mol. The molecule has 0 radical (unpaired) electrons. The molecule has 4 rings (SSSR count). The van der Waals surface area contributed by atoms with E-state index in [1.807, 2.05) is 12.1 Å². The standard InChI is InChI=1S/C19H14ClN3O2S/c20-14-7-3-1-6-12(14)16-9-15(23-25-16)18(24)22-19-13(10-21)11-5-2-4-8-17(11)26-19/h1,3,6-7,9H,2,4-5,8H2,(H,22,24). The SMILES string of the molecule is N#Cc1c(NC(=O)c2cc(-c3ccccc3Cl)on2)sc2c1CCCC2. The molecule has 1 N–H and O–H groups in total. The van der Waals surface area contributed by atoms with Crippen molar-refractivity contribution in [3.8, 4) is 17.4 Å². The van der Waals surface area contributed by atoms with Crippen molar-refractivity contribution in [3.63, 3.8) is 0 Å². The Labute approximate surface area is 159 Å². The number of nitriles is 1. The van der Waals surface area contributed by atoms with Gasteiger partial charge in [0.25, 0.3) is 5.91 Å². The molecule has 0 aliphatic heterocycles. The lowest BCUT2D eigenvalue weighted by Gasteiger charge is -2.09. The molecule has 2 heterocycles. The van der Waals surface area contributed by atoms with Crippen molar-refractivity contribution >= 4 is 33.8 Å². The maximum Gasteiger partial charge on any atom is 0.278 e. The van der Waals surface area contributed by atoms with E-state index in [1.165, 1.54) is 16.2 Å². The summed E-state index contributed by atoms with van der Waals surface area (Å²) in [7, 11) is 0. The quantitative estimate of drug-likeness (QED) is 0.685. The minimum Gasteiger partial charge on any atom is -0.355 e. The Morgan fingerprint density at radius 1 is 1.31 bits per heavy atom. The first kappa shape index (κ1) is 16.8. The van der Waals surface area contributed by atoms with E-state index in [1.54, 1.807) is 18.2 Å². The van der Waals surface area contributed by atoms with Gasteiger partial charge in [-0.05, 0) is 43.4 Å². The van der Waals surface area contributed by atoms with Crippen LogP contribution in [0.3, 0.4) is 0 Å². The fourth-order valence-corrected chi connectivity index (χ4v) is 4.57. The second-order valence-electron chi connectivity index (χ2n) is 6.04. The zero-order valence-corrected chi connectivity index (χ0v) is 15.3. The highest BCUT2D eigenvalue weighted by Crippen LogP contribution is 2.38. The highest BCUT2D eigenvalue weighted by Gasteiger charge is 2.23. The van der Waals surface area contributed by atoms with Gasteiger partial charge in [0, 0.05) is 16.5 Å². The highest BCUT2D eigenvalue weighted by atomic mass is 35.5. The van der Waals surface area contributed by atoms with Crippen molar-refractivity contribution in [1.29, 1.82) is 5.26 Å². The third-order valence-corrected chi connectivity index (χ3v) is 5.93. The van der Waals surface area contributed by atoms with Gasteiger partial charge in [0.2, 0.25) is 0 Å². The number of nitrogens with zero attached hydrogens (tertiary/aromatic N) is 2. The fourth-order valence-electron chi connectivity index (χ4n) is 3.11. The number of carbonyl (C=O) groups excluding carboxylic acids is 1. The van der Waals surface area contributed by atoms with Gasteiger partial charge in [-0.3, -0.25) is 4.79 Å². The van der Waals surface area contributed by atoms with Gasteiger partial charge in [-0.25, -0.2) is 0 Å². The Morgan fingerprint density at radius 3 is 2.92 bits per heavy atom. The molecule has 26 heavy (non-hydrogen) atoms. The van der Waals surface area contributed by atoms with Crippen LogP contribution in [0.15, 0.2) is 34.9 Å². The first-order chi connectivity index (χ1) is 12.7. The molecule has 7 heteroatoms. The lowest BCUT2D eigenvalue weighted by Crippen LogP contribution is -2.12. The summed E-state index contributed by atoms with van der Waals surface area (Å²) in [6, 6.07) is 11.0. The van der Waals surface area contributed by atoms with Gasteiger partial charge in [-0.15, -0.1) is 11.3 Å². The van der Waals surface area contributed by atoms with Crippen LogP contribution in [0.1, 0.15) is 39.3 Å². The molecule has 0 bridgehead atoms. The first-order valence-corrected chi connectivity index (χ1v) is 9.44. The summed E-state index contributed by atoms with van der Waals surface area (Å²) < 4.78 is 5.27. The van der Waals surface area contributed by atoms with Crippen LogP contribution in [0.4, 0.5) is 5.00 Å². The molecular weight excluding hydrogens is 370 g/mol. The van der Waals surface area contributed by atoms with Gasteiger partial charge in [-0.2, -0.15) is 5.26 Å². The van der Waals surface area contributed by atoms with Crippen LogP contribution in [0.5, 0.6) is 0 Å².